The third-order valence-electron chi connectivity index (χ3n) is 2.65. The number of halogens is 1. The normalized spacial score (nSPS) is 10.8. The summed E-state index contributed by atoms with van der Waals surface area (Å²) in [6.45, 7) is 10.8. The zero-order chi connectivity index (χ0) is 11.4. The first-order valence-electron chi connectivity index (χ1n) is 4.92. The van der Waals surface area contributed by atoms with Crippen LogP contribution in [0.4, 0.5) is 0 Å². The molecule has 0 heterocycles. The lowest BCUT2D eigenvalue weighted by molar-refractivity contribution is -0.911. The van der Waals surface area contributed by atoms with Gasteiger partial charge in [-0.2, -0.15) is 0 Å². The largest absolute Gasteiger partial charge is 1.00 e. The second kappa shape index (κ2) is 6.85. The molecule has 0 N–H and O–H groups in total. The van der Waals surface area contributed by atoms with Gasteiger partial charge in [-0.1, -0.05) is 6.58 Å². The van der Waals surface area contributed by atoms with Gasteiger partial charge in [-0.15, -0.1) is 0 Å². The van der Waals surface area contributed by atoms with Crippen LogP contribution in [0.25, 0.3) is 0 Å². The van der Waals surface area contributed by atoms with Crippen LogP contribution in [0, 0.1) is 0 Å². The molecule has 0 aliphatic heterocycles. The van der Waals surface area contributed by atoms with Crippen molar-refractivity contribution in [3.05, 3.63) is 12.2 Å². The molecular formula is C11H22ClNO2. The second-order valence-electron chi connectivity index (χ2n) is 4.51. The Labute approximate surface area is 99.1 Å². The number of carbonyl (C=O) groups excluding carboxylic acids is 1. The third kappa shape index (κ3) is 6.52. The first-order chi connectivity index (χ1) is 6.27. The van der Waals surface area contributed by atoms with Crippen molar-refractivity contribution in [2.75, 3.05) is 27.2 Å². The molecule has 0 aliphatic rings. The van der Waals surface area contributed by atoms with Crippen molar-refractivity contribution in [1.29, 1.82) is 0 Å². The van der Waals surface area contributed by atoms with Gasteiger partial charge in [0.1, 0.15) is 13.2 Å². The minimum Gasteiger partial charge on any atom is -1.00 e. The van der Waals surface area contributed by atoms with Crippen molar-refractivity contribution in [3.8, 4) is 0 Å². The Bertz CT molecular complexity index is 225. The highest BCUT2D eigenvalue weighted by molar-refractivity contribution is 5.86. The predicted octanol–water partition coefficient (Wildman–Crippen LogP) is -1.41. The molecule has 0 bridgehead atoms. The molecule has 0 saturated carbocycles. The van der Waals surface area contributed by atoms with Gasteiger partial charge in [-0.25, -0.2) is 4.79 Å². The van der Waals surface area contributed by atoms with Gasteiger partial charge in [0.25, 0.3) is 0 Å². The quantitative estimate of drug-likeness (QED) is 0.333. The Kier molecular flexibility index (Phi) is 7.71. The van der Waals surface area contributed by atoms with Crippen LogP contribution >= 0.6 is 0 Å². The van der Waals surface area contributed by atoms with Crippen molar-refractivity contribution < 1.29 is 26.4 Å². The molecule has 0 aromatic heterocycles. The predicted molar refractivity (Wildman–Crippen MR) is 57.9 cm³/mol. The van der Waals surface area contributed by atoms with Crippen LogP contribution in [-0.4, -0.2) is 43.7 Å². The molecule has 0 atom stereocenters. The molecule has 15 heavy (non-hydrogen) atoms. The van der Waals surface area contributed by atoms with Crippen LogP contribution in [0.15, 0.2) is 12.2 Å². The van der Waals surface area contributed by atoms with Gasteiger partial charge in [0, 0.05) is 5.57 Å². The average molecular weight is 236 g/mol. The Hall–Kier alpha value is -0.540. The first kappa shape index (κ1) is 16.9. The van der Waals surface area contributed by atoms with E-state index in [4.69, 9.17) is 4.74 Å². The summed E-state index contributed by atoms with van der Waals surface area (Å²) in [5.41, 5.74) is 0.458. The summed E-state index contributed by atoms with van der Waals surface area (Å²) < 4.78 is 5.89. The Morgan fingerprint density at radius 1 is 1.40 bits per heavy atom. The van der Waals surface area contributed by atoms with Gasteiger partial charge in [0.05, 0.1) is 20.1 Å². The van der Waals surface area contributed by atoms with Crippen molar-refractivity contribution in [1.82, 2.24) is 0 Å². The maximum Gasteiger partial charge on any atom is 0.333 e. The van der Waals surface area contributed by atoms with E-state index in [1.807, 2.05) is 0 Å². The molecule has 0 radical (unpaired) electrons. The number of likely N-dealkylation sites (N-methyl/N-ethyl adjacent to an activating group) is 1. The highest BCUT2D eigenvalue weighted by Gasteiger charge is 2.19. The molecule has 0 amide bonds. The van der Waals surface area contributed by atoms with E-state index >= 15 is 0 Å². The topological polar surface area (TPSA) is 26.3 Å². The van der Waals surface area contributed by atoms with Crippen LogP contribution in [0.5, 0.6) is 0 Å². The van der Waals surface area contributed by atoms with Crippen molar-refractivity contribution in [2.45, 2.75) is 26.8 Å². The summed E-state index contributed by atoms with van der Waals surface area (Å²) in [6.07, 6.45) is 0. The van der Waals surface area contributed by atoms with Crippen LogP contribution < -0.4 is 12.4 Å². The molecule has 0 aromatic carbocycles. The van der Waals surface area contributed by atoms with E-state index in [1.165, 1.54) is 0 Å². The second-order valence-corrected chi connectivity index (χ2v) is 4.51. The van der Waals surface area contributed by atoms with E-state index in [1.54, 1.807) is 6.92 Å². The molecule has 4 heteroatoms. The molecule has 90 valence electrons. The lowest BCUT2D eigenvalue weighted by Gasteiger charge is -2.33. The van der Waals surface area contributed by atoms with E-state index < -0.39 is 0 Å². The highest BCUT2D eigenvalue weighted by Crippen LogP contribution is 2.05. The maximum absolute atomic E-state index is 11.1. The van der Waals surface area contributed by atoms with Crippen molar-refractivity contribution in [3.63, 3.8) is 0 Å². The number of esters is 1. The van der Waals surface area contributed by atoms with E-state index in [0.29, 0.717) is 18.2 Å². The number of nitrogens with zero attached hydrogens (tertiary/aromatic N) is 1. The lowest BCUT2D eigenvalue weighted by atomic mass is 10.3. The van der Waals surface area contributed by atoms with Gasteiger partial charge in [0.15, 0.2) is 0 Å². The summed E-state index contributed by atoms with van der Waals surface area (Å²) >= 11 is 0. The SMILES string of the molecule is C=C(C)C(=O)OCC[N+](C)(C)C(C)C.[Cl-]. The van der Waals surface area contributed by atoms with Crippen LogP contribution in [0.2, 0.25) is 0 Å². The van der Waals surface area contributed by atoms with Gasteiger partial charge < -0.3 is 21.6 Å². The van der Waals surface area contributed by atoms with E-state index in [0.717, 1.165) is 11.0 Å². The average Bonchev–Trinajstić information content (AvgIpc) is 2.03. The van der Waals surface area contributed by atoms with E-state index in [-0.39, 0.29) is 18.4 Å². The Balaban J connectivity index is 0. The minimum atomic E-state index is -0.297. The van der Waals surface area contributed by atoms with E-state index in [9.17, 15) is 4.79 Å². The summed E-state index contributed by atoms with van der Waals surface area (Å²) in [5, 5.41) is 0. The van der Waals surface area contributed by atoms with Crippen LogP contribution in [0.1, 0.15) is 20.8 Å². The van der Waals surface area contributed by atoms with Gasteiger partial charge in [-0.3, -0.25) is 0 Å². The standard InChI is InChI=1S/C11H22NO2.ClH/c1-9(2)11(13)14-8-7-12(5,6)10(3)4;/h10H,1,7-8H2,2-6H3;1H/q+1;/p-1. The van der Waals surface area contributed by atoms with Crippen molar-refractivity contribution >= 4 is 5.97 Å². The number of rotatable bonds is 5. The number of quaternary nitrogens is 1. The lowest BCUT2D eigenvalue weighted by Crippen LogP contribution is -3.00. The fourth-order valence-corrected chi connectivity index (χ4v) is 0.755. The smallest absolute Gasteiger partial charge is 0.333 e. The maximum atomic E-state index is 11.1. The fraction of sp³-hybridized carbons (Fsp3) is 0.727. The summed E-state index contributed by atoms with van der Waals surface area (Å²) in [5.74, 6) is -0.297. The monoisotopic (exact) mass is 235 g/mol. The summed E-state index contributed by atoms with van der Waals surface area (Å²) in [4.78, 5) is 11.1. The zero-order valence-electron chi connectivity index (χ0n) is 10.3. The first-order valence-corrected chi connectivity index (χ1v) is 4.92. The number of hydrogen-bond donors (Lipinski definition) is 0. The molecule has 0 saturated heterocycles. The van der Waals surface area contributed by atoms with Gasteiger partial charge in [-0.05, 0) is 20.8 Å². The number of ether oxygens (including phenoxy) is 1. The molecule has 0 unspecified atom stereocenters. The third-order valence-corrected chi connectivity index (χ3v) is 2.65. The molecular weight excluding hydrogens is 214 g/mol. The number of hydrogen-bond acceptors (Lipinski definition) is 2. The zero-order valence-corrected chi connectivity index (χ0v) is 11.1. The molecule has 0 fully saturated rings. The number of carbonyl (C=O) groups is 1. The summed E-state index contributed by atoms with van der Waals surface area (Å²) in [6, 6.07) is 0.526. The minimum absolute atomic E-state index is 0. The molecule has 0 aliphatic carbocycles. The molecule has 0 aromatic rings. The van der Waals surface area contributed by atoms with Crippen molar-refractivity contribution in [2.24, 2.45) is 0 Å². The Morgan fingerprint density at radius 3 is 2.20 bits per heavy atom. The van der Waals surface area contributed by atoms with E-state index in [2.05, 4.69) is 34.5 Å². The van der Waals surface area contributed by atoms with Gasteiger partial charge >= 0.3 is 5.97 Å². The van der Waals surface area contributed by atoms with Crippen LogP contribution in [0.3, 0.4) is 0 Å². The van der Waals surface area contributed by atoms with Gasteiger partial charge in [0.2, 0.25) is 0 Å². The summed E-state index contributed by atoms with van der Waals surface area (Å²) in [7, 11) is 4.25. The Morgan fingerprint density at radius 2 is 1.87 bits per heavy atom. The molecule has 0 spiro atoms. The van der Waals surface area contributed by atoms with Crippen LogP contribution in [-0.2, 0) is 9.53 Å². The fourth-order valence-electron chi connectivity index (χ4n) is 0.755. The highest BCUT2D eigenvalue weighted by atomic mass is 35.5. The molecule has 3 nitrogen and oxygen atoms in total. The molecule has 0 rings (SSSR count).